The van der Waals surface area contributed by atoms with Gasteiger partial charge in [0.15, 0.2) is 5.96 Å². The van der Waals surface area contributed by atoms with Crippen LogP contribution in [0.4, 0.5) is 0 Å². The predicted octanol–water partition coefficient (Wildman–Crippen LogP) is 3.71. The number of guanidine groups is 1. The van der Waals surface area contributed by atoms with Crippen molar-refractivity contribution < 1.29 is 0 Å². The zero-order valence-corrected chi connectivity index (χ0v) is 18.1. The molecule has 0 spiro atoms. The minimum Gasteiger partial charge on any atom is -0.354 e. The normalized spacial score (nSPS) is 26.5. The van der Waals surface area contributed by atoms with Gasteiger partial charge in [0.25, 0.3) is 0 Å². The maximum absolute atomic E-state index is 4.39. The maximum atomic E-state index is 4.39. The van der Waals surface area contributed by atoms with Gasteiger partial charge in [-0.15, -0.1) is 35.3 Å². The maximum Gasteiger partial charge on any atom is 0.191 e. The Morgan fingerprint density at radius 1 is 1.38 bits per heavy atom. The summed E-state index contributed by atoms with van der Waals surface area (Å²) < 4.78 is 0. The largest absolute Gasteiger partial charge is 0.354 e. The molecule has 1 aliphatic heterocycles. The van der Waals surface area contributed by atoms with E-state index >= 15 is 0 Å². The number of nitrogens with one attached hydrogen (secondary N) is 2. The Morgan fingerprint density at radius 2 is 2.08 bits per heavy atom. The van der Waals surface area contributed by atoms with Crippen molar-refractivity contribution in [2.24, 2.45) is 16.8 Å². The second-order valence-corrected chi connectivity index (χ2v) is 8.15. The standard InChI is InChI=1S/C18H30N4S.HI/c1-13-6-8-22(9-7-13)16(17-5-4-10-23-17)12-20-18(19-3)21-15-11-14(15)2;/h4-5,10,13-16H,6-9,11-12H2,1-3H3,(H2,19,20,21);1H. The molecule has 1 aromatic rings. The van der Waals surface area contributed by atoms with Gasteiger partial charge in [-0.05, 0) is 55.6 Å². The fourth-order valence-corrected chi connectivity index (χ4v) is 4.18. The fraction of sp³-hybridized carbons (Fsp3) is 0.722. The van der Waals surface area contributed by atoms with Crippen LogP contribution in [0, 0.1) is 11.8 Å². The molecular weight excluding hydrogens is 431 g/mol. The topological polar surface area (TPSA) is 39.7 Å². The summed E-state index contributed by atoms with van der Waals surface area (Å²) in [5, 5.41) is 9.28. The second kappa shape index (κ2) is 9.38. The fourth-order valence-electron chi connectivity index (χ4n) is 3.32. The molecule has 3 rings (SSSR count). The van der Waals surface area contributed by atoms with E-state index in [1.165, 1.54) is 37.2 Å². The number of thiophene rings is 1. The zero-order chi connectivity index (χ0) is 16.2. The Balaban J connectivity index is 0.00000208. The summed E-state index contributed by atoms with van der Waals surface area (Å²) in [6.45, 7) is 8.00. The monoisotopic (exact) mass is 462 g/mol. The van der Waals surface area contributed by atoms with Crippen molar-refractivity contribution in [2.45, 2.75) is 45.2 Å². The van der Waals surface area contributed by atoms with Crippen LogP contribution in [0.5, 0.6) is 0 Å². The average molecular weight is 462 g/mol. The summed E-state index contributed by atoms with van der Waals surface area (Å²) in [4.78, 5) is 8.50. The van der Waals surface area contributed by atoms with Crippen molar-refractivity contribution in [1.29, 1.82) is 0 Å². The van der Waals surface area contributed by atoms with E-state index in [2.05, 4.69) is 51.9 Å². The highest BCUT2D eigenvalue weighted by Crippen LogP contribution is 2.30. The first kappa shape index (κ1) is 20.0. The van der Waals surface area contributed by atoms with Gasteiger partial charge in [0.2, 0.25) is 0 Å². The highest BCUT2D eigenvalue weighted by Gasteiger charge is 2.33. The van der Waals surface area contributed by atoms with Gasteiger partial charge in [-0.2, -0.15) is 0 Å². The Morgan fingerprint density at radius 3 is 2.62 bits per heavy atom. The molecule has 2 fully saturated rings. The van der Waals surface area contributed by atoms with Crippen LogP contribution in [0.2, 0.25) is 0 Å². The average Bonchev–Trinajstić information content (AvgIpc) is 3.02. The van der Waals surface area contributed by atoms with Crippen molar-refractivity contribution in [3.63, 3.8) is 0 Å². The summed E-state index contributed by atoms with van der Waals surface area (Å²) in [5.74, 6) is 2.60. The van der Waals surface area contributed by atoms with Crippen molar-refractivity contribution in [2.75, 3.05) is 26.7 Å². The van der Waals surface area contributed by atoms with E-state index in [1.807, 2.05) is 18.4 Å². The molecule has 0 bridgehead atoms. The number of hydrogen-bond acceptors (Lipinski definition) is 3. The van der Waals surface area contributed by atoms with Crippen LogP contribution in [0.25, 0.3) is 0 Å². The summed E-state index contributed by atoms with van der Waals surface area (Å²) >= 11 is 1.87. The molecule has 0 radical (unpaired) electrons. The minimum absolute atomic E-state index is 0. The van der Waals surface area contributed by atoms with E-state index in [0.29, 0.717) is 12.1 Å². The smallest absolute Gasteiger partial charge is 0.191 e. The molecule has 0 aromatic carbocycles. The Hall–Kier alpha value is -0.340. The van der Waals surface area contributed by atoms with Gasteiger partial charge in [-0.3, -0.25) is 9.89 Å². The zero-order valence-electron chi connectivity index (χ0n) is 15.0. The van der Waals surface area contributed by atoms with E-state index in [0.717, 1.165) is 24.3 Å². The number of aliphatic imine (C=N–C) groups is 1. The summed E-state index contributed by atoms with van der Waals surface area (Å²) in [6, 6.07) is 5.50. The van der Waals surface area contributed by atoms with Gasteiger partial charge in [0.05, 0.1) is 6.04 Å². The Labute approximate surface area is 167 Å². The highest BCUT2D eigenvalue weighted by molar-refractivity contribution is 14.0. The SMILES string of the molecule is CN=C(NCC(c1cccs1)N1CCC(C)CC1)NC1CC1C.I. The van der Waals surface area contributed by atoms with Crippen molar-refractivity contribution >= 4 is 41.3 Å². The predicted molar refractivity (Wildman–Crippen MR) is 115 cm³/mol. The van der Waals surface area contributed by atoms with Crippen LogP contribution in [-0.4, -0.2) is 43.6 Å². The molecule has 3 unspecified atom stereocenters. The van der Waals surface area contributed by atoms with Gasteiger partial charge in [0.1, 0.15) is 0 Å². The summed E-state index contributed by atoms with van der Waals surface area (Å²) in [7, 11) is 1.87. The van der Waals surface area contributed by atoms with Crippen LogP contribution in [0.15, 0.2) is 22.5 Å². The van der Waals surface area contributed by atoms with E-state index in [9.17, 15) is 0 Å². The lowest BCUT2D eigenvalue weighted by atomic mass is 9.97. The van der Waals surface area contributed by atoms with Crippen LogP contribution in [0.3, 0.4) is 0 Å². The number of rotatable bonds is 5. The van der Waals surface area contributed by atoms with Crippen LogP contribution in [0.1, 0.15) is 44.0 Å². The molecule has 6 heteroatoms. The van der Waals surface area contributed by atoms with Gasteiger partial charge in [-0.1, -0.05) is 19.9 Å². The van der Waals surface area contributed by atoms with Gasteiger partial charge in [0, 0.05) is 24.5 Å². The van der Waals surface area contributed by atoms with Crippen molar-refractivity contribution in [1.82, 2.24) is 15.5 Å². The molecule has 2 heterocycles. The minimum atomic E-state index is 0. The van der Waals surface area contributed by atoms with E-state index < -0.39 is 0 Å². The molecule has 1 saturated carbocycles. The Bertz CT molecular complexity index is 511. The first-order valence-electron chi connectivity index (χ1n) is 8.92. The van der Waals surface area contributed by atoms with Crippen molar-refractivity contribution in [3.8, 4) is 0 Å². The number of likely N-dealkylation sites (tertiary alicyclic amines) is 1. The van der Waals surface area contributed by atoms with Gasteiger partial charge >= 0.3 is 0 Å². The molecule has 2 aliphatic rings. The van der Waals surface area contributed by atoms with Crippen LogP contribution < -0.4 is 10.6 Å². The summed E-state index contributed by atoms with van der Waals surface area (Å²) in [6.07, 6.45) is 3.89. The molecule has 4 nitrogen and oxygen atoms in total. The Kier molecular flexibility index (Phi) is 7.81. The second-order valence-electron chi connectivity index (χ2n) is 7.17. The molecule has 0 amide bonds. The van der Waals surface area contributed by atoms with Crippen LogP contribution >= 0.6 is 35.3 Å². The van der Waals surface area contributed by atoms with Crippen molar-refractivity contribution in [3.05, 3.63) is 22.4 Å². The lowest BCUT2D eigenvalue weighted by molar-refractivity contribution is 0.140. The third-order valence-corrected chi connectivity index (χ3v) is 6.22. The van der Waals surface area contributed by atoms with E-state index in [4.69, 9.17) is 0 Å². The van der Waals surface area contributed by atoms with Gasteiger partial charge < -0.3 is 10.6 Å². The molecule has 3 atom stereocenters. The first-order valence-corrected chi connectivity index (χ1v) is 9.80. The van der Waals surface area contributed by atoms with Crippen LogP contribution in [-0.2, 0) is 0 Å². The van der Waals surface area contributed by atoms with Gasteiger partial charge in [-0.25, -0.2) is 0 Å². The number of hydrogen-bond donors (Lipinski definition) is 2. The molecule has 24 heavy (non-hydrogen) atoms. The molecule has 2 N–H and O–H groups in total. The molecule has 1 saturated heterocycles. The quantitative estimate of drug-likeness (QED) is 0.398. The van der Waals surface area contributed by atoms with E-state index in [1.54, 1.807) is 0 Å². The molecular formula is C18H31IN4S. The number of nitrogens with zero attached hydrogens (tertiary/aromatic N) is 2. The molecule has 1 aromatic heterocycles. The third-order valence-electron chi connectivity index (χ3n) is 5.25. The summed E-state index contributed by atoms with van der Waals surface area (Å²) in [5.41, 5.74) is 0. The molecule has 1 aliphatic carbocycles. The third kappa shape index (κ3) is 5.33. The lowest BCUT2D eigenvalue weighted by Gasteiger charge is -2.36. The lowest BCUT2D eigenvalue weighted by Crippen LogP contribution is -2.45. The first-order chi connectivity index (χ1) is 11.2. The number of piperidine rings is 1. The highest BCUT2D eigenvalue weighted by atomic mass is 127. The number of halogens is 1. The molecule has 136 valence electrons. The van der Waals surface area contributed by atoms with E-state index in [-0.39, 0.29) is 24.0 Å².